The lowest BCUT2D eigenvalue weighted by Crippen LogP contribution is -2.30. The molecule has 0 aromatic rings. The largest absolute Gasteiger partial charge is 0.462 e. The van der Waals surface area contributed by atoms with Gasteiger partial charge in [0.15, 0.2) is 6.10 Å². The van der Waals surface area contributed by atoms with Crippen LogP contribution < -0.4 is 0 Å². The van der Waals surface area contributed by atoms with Crippen molar-refractivity contribution in [2.75, 3.05) is 13.2 Å². The number of rotatable bonds is 70. The van der Waals surface area contributed by atoms with Crippen molar-refractivity contribution in [2.45, 2.75) is 431 Å². The average molecular weight is 1150 g/mol. The molecule has 0 fully saturated rings. The smallest absolute Gasteiger partial charge is 0.306 e. The molecule has 0 rings (SSSR count). The lowest BCUT2D eigenvalue weighted by molar-refractivity contribution is -0.167. The van der Waals surface area contributed by atoms with E-state index in [1.54, 1.807) is 0 Å². The molecule has 0 N–H and O–H groups in total. The molecule has 1 atom stereocenters. The van der Waals surface area contributed by atoms with Crippen LogP contribution in [-0.2, 0) is 28.6 Å². The zero-order valence-electron chi connectivity index (χ0n) is 55.8. The van der Waals surface area contributed by atoms with Crippen LogP contribution in [0, 0.1) is 0 Å². The zero-order valence-corrected chi connectivity index (χ0v) is 55.8. The summed E-state index contributed by atoms with van der Waals surface area (Å²) in [5.74, 6) is -0.830. The normalized spacial score (nSPS) is 12.1. The molecular weight excluding hydrogens is 1010 g/mol. The van der Waals surface area contributed by atoms with Crippen molar-refractivity contribution in [3.05, 3.63) is 24.3 Å². The Labute approximate surface area is 513 Å². The highest BCUT2D eigenvalue weighted by Crippen LogP contribution is 2.19. The highest BCUT2D eigenvalue weighted by molar-refractivity contribution is 5.71. The molecule has 0 spiro atoms. The van der Waals surface area contributed by atoms with Gasteiger partial charge >= 0.3 is 17.9 Å². The van der Waals surface area contributed by atoms with E-state index in [9.17, 15) is 14.4 Å². The summed E-state index contributed by atoms with van der Waals surface area (Å²) in [5.41, 5.74) is 0. The molecule has 6 heteroatoms. The lowest BCUT2D eigenvalue weighted by Gasteiger charge is -2.18. The SMILES string of the molecule is CCCCCCCCCC/C=C\CCCCCCCCCCCCCCCC(=O)OCC(COC(=O)CCCCCCCCCCCCCCCCCC)OC(=O)CCCCCCCCCCCCC/C=C\CCCCCCCCCC. The number of carbonyl (C=O) groups excluding carboxylic acids is 3. The number of esters is 3. The number of unbranched alkanes of at least 4 members (excludes halogenated alkanes) is 55. The molecule has 0 aromatic heterocycles. The Morgan fingerprint density at radius 1 is 0.232 bits per heavy atom. The van der Waals surface area contributed by atoms with Crippen molar-refractivity contribution < 1.29 is 28.6 Å². The number of hydrogen-bond acceptors (Lipinski definition) is 6. The maximum atomic E-state index is 13.0. The summed E-state index contributed by atoms with van der Waals surface area (Å²) < 4.78 is 17.0. The first-order valence-corrected chi connectivity index (χ1v) is 37.3. The Balaban J connectivity index is 4.26. The minimum absolute atomic E-state index is 0.0650. The Bertz CT molecular complexity index is 1320. The molecule has 0 aliphatic rings. The molecule has 484 valence electrons. The topological polar surface area (TPSA) is 78.9 Å². The predicted octanol–water partition coefficient (Wildman–Crippen LogP) is 25.7. The minimum Gasteiger partial charge on any atom is -0.462 e. The van der Waals surface area contributed by atoms with Crippen LogP contribution in [0.3, 0.4) is 0 Å². The summed E-state index contributed by atoms with van der Waals surface area (Å²) in [6.07, 6.45) is 87.9. The first-order chi connectivity index (χ1) is 40.5. The van der Waals surface area contributed by atoms with Crippen LogP contribution in [-0.4, -0.2) is 37.2 Å². The quantitative estimate of drug-likeness (QED) is 0.0261. The molecule has 0 radical (unpaired) electrons. The van der Waals surface area contributed by atoms with Gasteiger partial charge in [0, 0.05) is 19.3 Å². The van der Waals surface area contributed by atoms with Gasteiger partial charge in [-0.2, -0.15) is 0 Å². The summed E-state index contributed by atoms with van der Waals surface area (Å²) in [4.78, 5) is 38.5. The van der Waals surface area contributed by atoms with Crippen LogP contribution in [0.5, 0.6) is 0 Å². The summed E-state index contributed by atoms with van der Waals surface area (Å²) in [6.45, 7) is 6.73. The summed E-state index contributed by atoms with van der Waals surface area (Å²) in [7, 11) is 0. The van der Waals surface area contributed by atoms with E-state index in [1.807, 2.05) is 0 Å². The van der Waals surface area contributed by atoms with E-state index in [1.165, 1.54) is 327 Å². The van der Waals surface area contributed by atoms with E-state index < -0.39 is 6.10 Å². The maximum Gasteiger partial charge on any atom is 0.306 e. The van der Waals surface area contributed by atoms with Crippen LogP contribution in [0.1, 0.15) is 425 Å². The molecule has 0 heterocycles. The van der Waals surface area contributed by atoms with E-state index in [-0.39, 0.29) is 31.1 Å². The van der Waals surface area contributed by atoms with E-state index in [2.05, 4.69) is 45.1 Å². The fourth-order valence-electron chi connectivity index (χ4n) is 11.6. The third kappa shape index (κ3) is 68.7. The van der Waals surface area contributed by atoms with E-state index in [0.29, 0.717) is 19.3 Å². The first kappa shape index (κ1) is 79.9. The Morgan fingerprint density at radius 2 is 0.402 bits per heavy atom. The molecule has 1 unspecified atom stereocenters. The van der Waals surface area contributed by atoms with Gasteiger partial charge in [-0.3, -0.25) is 14.4 Å². The van der Waals surface area contributed by atoms with E-state index >= 15 is 0 Å². The second-order valence-electron chi connectivity index (χ2n) is 25.6. The molecule has 0 aliphatic carbocycles. The van der Waals surface area contributed by atoms with Crippen molar-refractivity contribution in [1.82, 2.24) is 0 Å². The number of hydrogen-bond donors (Lipinski definition) is 0. The van der Waals surface area contributed by atoms with Gasteiger partial charge in [-0.05, 0) is 70.6 Å². The monoisotopic (exact) mass is 1150 g/mol. The fourth-order valence-corrected chi connectivity index (χ4v) is 11.6. The fraction of sp³-hybridized carbons (Fsp3) is 0.908. The zero-order chi connectivity index (χ0) is 59.2. The van der Waals surface area contributed by atoms with Gasteiger partial charge in [-0.15, -0.1) is 0 Å². The number of allylic oxidation sites excluding steroid dienone is 4. The van der Waals surface area contributed by atoms with Gasteiger partial charge in [0.05, 0.1) is 0 Å². The maximum absolute atomic E-state index is 13.0. The summed E-state index contributed by atoms with van der Waals surface area (Å²) in [5, 5.41) is 0. The molecule has 0 saturated heterocycles. The minimum atomic E-state index is -0.770. The molecule has 0 aromatic carbocycles. The average Bonchev–Trinajstić information content (AvgIpc) is 3.47. The Morgan fingerprint density at radius 3 is 0.610 bits per heavy atom. The summed E-state index contributed by atoms with van der Waals surface area (Å²) >= 11 is 0. The van der Waals surface area contributed by atoms with Gasteiger partial charge in [0.25, 0.3) is 0 Å². The third-order valence-electron chi connectivity index (χ3n) is 17.2. The van der Waals surface area contributed by atoms with Crippen LogP contribution in [0.15, 0.2) is 24.3 Å². The summed E-state index contributed by atoms with van der Waals surface area (Å²) in [6, 6.07) is 0. The molecule has 0 bridgehead atoms. The second kappa shape index (κ2) is 71.4. The van der Waals surface area contributed by atoms with Crippen molar-refractivity contribution in [2.24, 2.45) is 0 Å². The van der Waals surface area contributed by atoms with Gasteiger partial charge in [0.1, 0.15) is 13.2 Å². The van der Waals surface area contributed by atoms with Crippen molar-refractivity contribution >= 4 is 17.9 Å². The lowest BCUT2D eigenvalue weighted by atomic mass is 10.0. The van der Waals surface area contributed by atoms with Gasteiger partial charge in [-0.25, -0.2) is 0 Å². The molecule has 0 amide bonds. The second-order valence-corrected chi connectivity index (χ2v) is 25.6. The highest BCUT2D eigenvalue weighted by Gasteiger charge is 2.20. The third-order valence-corrected chi connectivity index (χ3v) is 17.2. The number of carbonyl (C=O) groups is 3. The first-order valence-electron chi connectivity index (χ1n) is 37.3. The van der Waals surface area contributed by atoms with Crippen molar-refractivity contribution in [3.63, 3.8) is 0 Å². The molecular formula is C76H144O6. The Kier molecular flexibility index (Phi) is 69.5. The highest BCUT2D eigenvalue weighted by atomic mass is 16.6. The van der Waals surface area contributed by atoms with Crippen LogP contribution in [0.4, 0.5) is 0 Å². The predicted molar refractivity (Wildman–Crippen MR) is 358 cm³/mol. The van der Waals surface area contributed by atoms with Gasteiger partial charge < -0.3 is 14.2 Å². The Hall–Kier alpha value is -2.11. The van der Waals surface area contributed by atoms with Crippen LogP contribution in [0.25, 0.3) is 0 Å². The molecule has 82 heavy (non-hydrogen) atoms. The molecule has 0 saturated carbocycles. The molecule has 6 nitrogen and oxygen atoms in total. The van der Waals surface area contributed by atoms with Gasteiger partial charge in [-0.1, -0.05) is 360 Å². The van der Waals surface area contributed by atoms with Crippen molar-refractivity contribution in [1.29, 1.82) is 0 Å². The van der Waals surface area contributed by atoms with E-state index in [0.717, 1.165) is 57.8 Å². The van der Waals surface area contributed by atoms with Gasteiger partial charge in [0.2, 0.25) is 0 Å². The molecule has 0 aliphatic heterocycles. The van der Waals surface area contributed by atoms with Crippen LogP contribution >= 0.6 is 0 Å². The standard InChI is InChI=1S/C76H144O6/c1-4-7-10-13-16-19-22-25-28-31-33-35-37-38-40-41-43-45-48-51-54-57-60-63-66-69-75(78)81-72-73(71-80-74(77)68-65-62-59-56-53-50-47-30-27-24-21-18-15-12-9-6-3)82-76(79)70-67-64-61-58-55-52-49-46-44-42-39-36-34-32-29-26-23-20-17-14-11-8-5-2/h31-34,73H,4-30,35-72H2,1-3H3/b33-31-,34-32-. The van der Waals surface area contributed by atoms with Crippen LogP contribution in [0.2, 0.25) is 0 Å². The van der Waals surface area contributed by atoms with Crippen molar-refractivity contribution in [3.8, 4) is 0 Å². The number of ether oxygens (including phenoxy) is 3. The van der Waals surface area contributed by atoms with E-state index in [4.69, 9.17) is 14.2 Å².